The van der Waals surface area contributed by atoms with Gasteiger partial charge in [0, 0.05) is 26.1 Å². The largest absolute Gasteiger partial charge is 0.369 e. The fourth-order valence-electron chi connectivity index (χ4n) is 2.92. The lowest BCUT2D eigenvalue weighted by Crippen LogP contribution is -2.31. The maximum absolute atomic E-state index is 12.7. The Labute approximate surface area is 169 Å². The van der Waals surface area contributed by atoms with Crippen molar-refractivity contribution in [3.05, 3.63) is 16.7 Å². The van der Waals surface area contributed by atoms with Crippen LogP contribution < -0.4 is 11.3 Å². The molecule has 0 fully saturated rings. The molecule has 11 nitrogen and oxygen atoms in total. The summed E-state index contributed by atoms with van der Waals surface area (Å²) in [4.78, 5) is 24.7. The van der Waals surface area contributed by atoms with Gasteiger partial charge in [-0.05, 0) is 26.8 Å². The van der Waals surface area contributed by atoms with E-state index in [1.165, 1.54) is 0 Å². The number of nitrogens with two attached hydrogens (primary N) is 1. The topological polar surface area (TPSA) is 152 Å². The van der Waals surface area contributed by atoms with E-state index < -0.39 is 7.60 Å². The summed E-state index contributed by atoms with van der Waals surface area (Å²) in [6.45, 7) is 6.43. The van der Waals surface area contributed by atoms with Crippen LogP contribution in [0.15, 0.2) is 11.1 Å². The van der Waals surface area contributed by atoms with Crippen LogP contribution in [-0.4, -0.2) is 63.4 Å². The molecule has 2 aromatic rings. The van der Waals surface area contributed by atoms with Crippen molar-refractivity contribution in [3.63, 3.8) is 0 Å². The average Bonchev–Trinajstić information content (AvgIpc) is 3.07. The van der Waals surface area contributed by atoms with Gasteiger partial charge in [-0.3, -0.25) is 14.3 Å². The molecule has 0 saturated carbocycles. The summed E-state index contributed by atoms with van der Waals surface area (Å²) in [5.41, 5.74) is 5.90. The summed E-state index contributed by atoms with van der Waals surface area (Å²) < 4.78 is 25.2. The van der Waals surface area contributed by atoms with Crippen LogP contribution in [0.4, 0.5) is 5.95 Å². The molecule has 0 atom stereocenters. The van der Waals surface area contributed by atoms with E-state index in [-0.39, 0.29) is 23.2 Å². The third-order valence-corrected chi connectivity index (χ3v) is 6.31. The van der Waals surface area contributed by atoms with Crippen LogP contribution in [-0.2, 0) is 20.2 Å². The SMILES string of the molecule is CCOP(=O)(CCN(CCCC#N)CCn1cnc2c(=O)[nH]c(N)nc21)OCC. The van der Waals surface area contributed by atoms with E-state index >= 15 is 0 Å². The second-order valence-electron chi connectivity index (χ2n) is 6.33. The van der Waals surface area contributed by atoms with Crippen molar-refractivity contribution in [2.45, 2.75) is 33.2 Å². The lowest BCUT2D eigenvalue weighted by Gasteiger charge is -2.25. The molecule has 0 amide bonds. The van der Waals surface area contributed by atoms with Gasteiger partial charge in [-0.25, -0.2) is 4.98 Å². The van der Waals surface area contributed by atoms with Crippen molar-refractivity contribution in [1.29, 1.82) is 5.26 Å². The van der Waals surface area contributed by atoms with Gasteiger partial charge >= 0.3 is 7.60 Å². The number of H-pyrrole nitrogens is 1. The molecule has 0 radical (unpaired) electrons. The van der Waals surface area contributed by atoms with E-state index in [1.807, 2.05) is 0 Å². The summed E-state index contributed by atoms with van der Waals surface area (Å²) in [5, 5.41) is 8.81. The molecular formula is C17H28N7O4P. The summed E-state index contributed by atoms with van der Waals surface area (Å²) in [5.74, 6) is 0.0319. The fraction of sp³-hybridized carbons (Fsp3) is 0.647. The van der Waals surface area contributed by atoms with Crippen LogP contribution in [0.3, 0.4) is 0 Å². The maximum Gasteiger partial charge on any atom is 0.331 e. The third kappa shape index (κ3) is 6.65. The number of imidazole rings is 1. The number of nitriles is 1. The van der Waals surface area contributed by atoms with Crippen LogP contribution >= 0.6 is 7.60 Å². The van der Waals surface area contributed by atoms with Crippen LogP contribution in [0.25, 0.3) is 11.2 Å². The number of aromatic amines is 1. The van der Waals surface area contributed by atoms with Crippen molar-refractivity contribution in [3.8, 4) is 6.07 Å². The number of aromatic nitrogens is 4. The van der Waals surface area contributed by atoms with Gasteiger partial charge < -0.3 is 24.2 Å². The average molecular weight is 425 g/mol. The summed E-state index contributed by atoms with van der Waals surface area (Å²) in [6, 6.07) is 2.13. The first-order valence-corrected chi connectivity index (χ1v) is 11.3. The van der Waals surface area contributed by atoms with Gasteiger partial charge in [0.15, 0.2) is 11.2 Å². The third-order valence-electron chi connectivity index (χ3n) is 4.25. The highest BCUT2D eigenvalue weighted by Gasteiger charge is 2.24. The van der Waals surface area contributed by atoms with Crippen LogP contribution in [0.1, 0.15) is 26.7 Å². The molecule has 0 spiro atoms. The second-order valence-corrected chi connectivity index (χ2v) is 8.52. The van der Waals surface area contributed by atoms with Gasteiger partial charge in [0.05, 0.1) is 31.8 Å². The maximum atomic E-state index is 12.7. The number of anilines is 1. The Hall–Kier alpha value is -2.25. The fourth-order valence-corrected chi connectivity index (χ4v) is 4.57. The number of nitrogen functional groups attached to an aromatic ring is 1. The molecule has 2 heterocycles. The standard InChI is InChI=1S/C17H28N7O4P/c1-3-27-29(26,28-4-2)12-11-23(8-6-5-7-18)9-10-24-13-20-14-15(24)21-17(19)22-16(14)25/h13H,3-6,8-12H2,1-2H3,(H3,19,21,22,25). The molecule has 0 unspecified atom stereocenters. The van der Waals surface area contributed by atoms with Crippen LogP contribution in [0.2, 0.25) is 0 Å². The monoisotopic (exact) mass is 425 g/mol. The molecular weight excluding hydrogens is 397 g/mol. The predicted molar refractivity (Wildman–Crippen MR) is 110 cm³/mol. The molecule has 0 aliphatic rings. The highest BCUT2D eigenvalue weighted by molar-refractivity contribution is 7.53. The molecule has 0 aliphatic carbocycles. The quantitative estimate of drug-likeness (QED) is 0.360. The van der Waals surface area contributed by atoms with Crippen LogP contribution in [0.5, 0.6) is 0 Å². The van der Waals surface area contributed by atoms with Gasteiger partial charge in [-0.2, -0.15) is 10.2 Å². The Kier molecular flexibility index (Phi) is 8.79. The Balaban J connectivity index is 2.07. The number of hydrogen-bond acceptors (Lipinski definition) is 9. The first kappa shape index (κ1) is 23.0. The van der Waals surface area contributed by atoms with Gasteiger partial charge in [0.25, 0.3) is 5.56 Å². The van der Waals surface area contributed by atoms with Gasteiger partial charge in [0.2, 0.25) is 5.95 Å². The van der Waals surface area contributed by atoms with E-state index in [0.717, 1.165) is 0 Å². The number of rotatable bonds is 13. The predicted octanol–water partition coefficient (Wildman–Crippen LogP) is 1.57. The highest BCUT2D eigenvalue weighted by atomic mass is 31.2. The normalized spacial score (nSPS) is 11.9. The number of fused-ring (bicyclic) bond motifs is 1. The van der Waals surface area contributed by atoms with Gasteiger partial charge in [-0.15, -0.1) is 0 Å². The highest BCUT2D eigenvalue weighted by Crippen LogP contribution is 2.47. The minimum atomic E-state index is -3.15. The van der Waals surface area contributed by atoms with Crippen LogP contribution in [0, 0.1) is 11.3 Å². The van der Waals surface area contributed by atoms with Gasteiger partial charge in [0.1, 0.15) is 0 Å². The minimum Gasteiger partial charge on any atom is -0.369 e. The van der Waals surface area contributed by atoms with Crippen molar-refractivity contribution >= 4 is 24.7 Å². The summed E-state index contributed by atoms with van der Waals surface area (Å²) in [6.07, 6.45) is 2.94. The molecule has 3 N–H and O–H groups in total. The molecule has 0 aromatic carbocycles. The lowest BCUT2D eigenvalue weighted by atomic mass is 10.3. The molecule has 29 heavy (non-hydrogen) atoms. The number of nitrogens with one attached hydrogen (secondary N) is 1. The van der Waals surface area contributed by atoms with E-state index in [4.69, 9.17) is 20.0 Å². The number of hydrogen-bond donors (Lipinski definition) is 2. The number of nitrogens with zero attached hydrogens (tertiary/aromatic N) is 5. The molecule has 2 rings (SSSR count). The zero-order valence-corrected chi connectivity index (χ0v) is 17.7. The molecule has 160 valence electrons. The van der Waals surface area contributed by atoms with Crippen molar-refractivity contribution in [2.75, 3.05) is 44.7 Å². The molecule has 0 saturated heterocycles. The Bertz CT molecular complexity index is 926. The molecule has 2 aromatic heterocycles. The second kappa shape index (κ2) is 11.1. The van der Waals surface area contributed by atoms with E-state index in [9.17, 15) is 9.36 Å². The Morgan fingerprint density at radius 1 is 1.31 bits per heavy atom. The molecule has 0 bridgehead atoms. The first-order valence-electron chi connectivity index (χ1n) is 9.60. The zero-order chi connectivity index (χ0) is 21.3. The van der Waals surface area contributed by atoms with E-state index in [0.29, 0.717) is 57.9 Å². The first-order chi connectivity index (χ1) is 13.9. The van der Waals surface area contributed by atoms with E-state index in [1.54, 1.807) is 24.7 Å². The summed E-state index contributed by atoms with van der Waals surface area (Å²) in [7, 11) is -3.15. The zero-order valence-electron chi connectivity index (χ0n) is 16.8. The minimum absolute atomic E-state index is 0.0319. The van der Waals surface area contributed by atoms with Crippen molar-refractivity contribution in [2.24, 2.45) is 0 Å². The Morgan fingerprint density at radius 2 is 2.03 bits per heavy atom. The van der Waals surface area contributed by atoms with Crippen molar-refractivity contribution in [1.82, 2.24) is 24.4 Å². The summed E-state index contributed by atoms with van der Waals surface area (Å²) >= 11 is 0. The molecule has 0 aliphatic heterocycles. The van der Waals surface area contributed by atoms with Crippen molar-refractivity contribution < 1.29 is 13.6 Å². The molecule has 12 heteroatoms. The Morgan fingerprint density at radius 3 is 2.69 bits per heavy atom. The lowest BCUT2D eigenvalue weighted by molar-refractivity contribution is 0.210. The smallest absolute Gasteiger partial charge is 0.331 e. The number of unbranched alkanes of at least 4 members (excludes halogenated alkanes) is 1. The van der Waals surface area contributed by atoms with Gasteiger partial charge in [-0.1, -0.05) is 0 Å². The van der Waals surface area contributed by atoms with E-state index in [2.05, 4.69) is 25.9 Å².